The van der Waals surface area contributed by atoms with E-state index in [-0.39, 0.29) is 5.41 Å². The van der Waals surface area contributed by atoms with Crippen LogP contribution in [0, 0.1) is 12.8 Å². The van der Waals surface area contributed by atoms with Gasteiger partial charge >= 0.3 is 0 Å². The second-order valence-corrected chi connectivity index (χ2v) is 13.2. The number of nitrogens with zero attached hydrogens (tertiary/aromatic N) is 2. The van der Waals surface area contributed by atoms with Crippen LogP contribution in [-0.2, 0) is 11.8 Å². The number of pyridine rings is 1. The molecule has 0 fully saturated rings. The van der Waals surface area contributed by atoms with E-state index in [1.807, 2.05) is 37.0 Å². The van der Waals surface area contributed by atoms with Crippen molar-refractivity contribution in [3.05, 3.63) is 136 Å². The maximum atomic E-state index is 4.12. The van der Waals surface area contributed by atoms with Gasteiger partial charge in [0.1, 0.15) is 0 Å². The normalized spacial score (nSPS) is 20.5. The van der Waals surface area contributed by atoms with Gasteiger partial charge in [-0.15, -0.1) is 0 Å². The topological polar surface area (TPSA) is 28.3 Å². The fourth-order valence-corrected chi connectivity index (χ4v) is 7.32. The molecule has 0 saturated heterocycles. The third kappa shape index (κ3) is 6.38. The van der Waals surface area contributed by atoms with Gasteiger partial charge in [0.15, 0.2) is 6.20 Å². The molecule has 1 aromatic heterocycles. The first-order valence-corrected chi connectivity index (χ1v) is 17.0. The second-order valence-electron chi connectivity index (χ2n) is 13.2. The molecule has 0 amide bonds. The van der Waals surface area contributed by atoms with Crippen LogP contribution >= 0.6 is 0 Å². The van der Waals surface area contributed by atoms with E-state index in [0.29, 0.717) is 5.92 Å². The van der Waals surface area contributed by atoms with E-state index in [1.54, 1.807) is 18.2 Å². The van der Waals surface area contributed by atoms with Crippen LogP contribution in [0.4, 0.5) is 0 Å². The van der Waals surface area contributed by atoms with Crippen molar-refractivity contribution in [2.45, 2.75) is 79.6 Å². The van der Waals surface area contributed by atoms with Crippen LogP contribution in [0.3, 0.4) is 0 Å². The molecule has 0 bridgehead atoms. The SMILES string of the molecule is CC/C(=C/C1=CC(C)(CC)c2ccc3c(c21)CC1=C3C=CCC1C)c1ccccc1C.CN=C(C)/C=C(\C)c1cccc[n+]1NC. The molecule has 0 spiro atoms. The summed E-state index contributed by atoms with van der Waals surface area (Å²) < 4.78 is 1.98. The van der Waals surface area contributed by atoms with E-state index >= 15 is 0 Å². The molecule has 1 heterocycles. The van der Waals surface area contributed by atoms with Gasteiger partial charge in [0.25, 0.3) is 0 Å². The molecule has 0 aliphatic heterocycles. The van der Waals surface area contributed by atoms with E-state index < -0.39 is 0 Å². The molecule has 3 aromatic rings. The Kier molecular flexibility index (Phi) is 10.1. The molecule has 0 saturated carbocycles. The van der Waals surface area contributed by atoms with Crippen molar-refractivity contribution in [1.29, 1.82) is 0 Å². The monoisotopic (exact) mass is 610 g/mol. The summed E-state index contributed by atoms with van der Waals surface area (Å²) in [5.74, 6) is 0.656. The molecule has 3 nitrogen and oxygen atoms in total. The van der Waals surface area contributed by atoms with E-state index in [2.05, 4.69) is 125 Å². The Hall–Kier alpha value is -4.24. The number of aliphatic imine (C=N–C) groups is 1. The van der Waals surface area contributed by atoms with E-state index in [1.165, 1.54) is 56.5 Å². The number of aryl methyl sites for hydroxylation is 1. The number of rotatable bonds is 7. The first kappa shape index (κ1) is 33.1. The maximum absolute atomic E-state index is 4.12. The molecule has 0 radical (unpaired) electrons. The van der Waals surface area contributed by atoms with Gasteiger partial charge in [0.05, 0.1) is 7.05 Å². The third-order valence-corrected chi connectivity index (χ3v) is 10.3. The molecular weight excluding hydrogens is 558 g/mol. The van der Waals surface area contributed by atoms with Crippen LogP contribution < -0.4 is 10.1 Å². The maximum Gasteiger partial charge on any atom is 0.238 e. The zero-order chi connectivity index (χ0) is 33.0. The Morgan fingerprint density at radius 3 is 2.52 bits per heavy atom. The number of benzene rings is 2. The van der Waals surface area contributed by atoms with Gasteiger partial charge in [-0.05, 0) is 115 Å². The predicted molar refractivity (Wildman–Crippen MR) is 200 cm³/mol. The molecule has 6 rings (SSSR count). The lowest BCUT2D eigenvalue weighted by Crippen LogP contribution is -2.45. The van der Waals surface area contributed by atoms with E-state index in [4.69, 9.17) is 0 Å². The first-order valence-electron chi connectivity index (χ1n) is 17.0. The largest absolute Gasteiger partial charge is 0.293 e. The molecule has 46 heavy (non-hydrogen) atoms. The summed E-state index contributed by atoms with van der Waals surface area (Å²) in [5.41, 5.74) is 21.5. The van der Waals surface area contributed by atoms with E-state index in [0.717, 1.165) is 30.7 Å². The van der Waals surface area contributed by atoms with E-state index in [9.17, 15) is 0 Å². The van der Waals surface area contributed by atoms with Crippen molar-refractivity contribution in [3.63, 3.8) is 0 Å². The quantitative estimate of drug-likeness (QED) is 0.209. The average Bonchev–Trinajstić information content (AvgIpc) is 3.60. The van der Waals surface area contributed by atoms with Crippen LogP contribution in [-0.4, -0.2) is 19.8 Å². The van der Waals surface area contributed by atoms with Crippen LogP contribution in [0.5, 0.6) is 0 Å². The molecule has 2 atom stereocenters. The molecule has 3 aliphatic rings. The predicted octanol–water partition coefficient (Wildman–Crippen LogP) is 10.1. The summed E-state index contributed by atoms with van der Waals surface area (Å²) in [6.45, 7) is 15.7. The summed E-state index contributed by atoms with van der Waals surface area (Å²) in [5, 5.41) is 0. The smallest absolute Gasteiger partial charge is 0.238 e. The van der Waals surface area contributed by atoms with Gasteiger partial charge in [-0.3, -0.25) is 4.99 Å². The van der Waals surface area contributed by atoms with Gasteiger partial charge in [-0.1, -0.05) is 98.6 Å². The summed E-state index contributed by atoms with van der Waals surface area (Å²) in [7, 11) is 3.70. The van der Waals surface area contributed by atoms with Gasteiger partial charge in [-0.2, -0.15) is 5.43 Å². The van der Waals surface area contributed by atoms with Crippen molar-refractivity contribution in [2.24, 2.45) is 10.9 Å². The Morgan fingerprint density at radius 2 is 1.83 bits per heavy atom. The summed E-state index contributed by atoms with van der Waals surface area (Å²) in [6.07, 6.45) is 18.3. The standard InChI is InChI=1S/C31H34.C12H18N3/c1-6-22(24-13-9-8-11-20(24)3)17-23-19-31(5,7-2)29-16-15-26-25-14-10-12-21(4)27(25)18-28(26)30(23)29;1-10(9-11(2)13-3)12-7-5-6-8-15(12)14-4/h8-11,13-17,19,21H,6-7,12,18H2,1-5H3;5-9,14H,1-4H3/q;+1/b22-17-;10-9+,13-11?. The first-order chi connectivity index (χ1) is 22.1. The van der Waals surface area contributed by atoms with Crippen molar-refractivity contribution in [2.75, 3.05) is 19.5 Å². The van der Waals surface area contributed by atoms with Crippen molar-refractivity contribution < 1.29 is 4.68 Å². The molecule has 2 aromatic carbocycles. The van der Waals surface area contributed by atoms with Gasteiger partial charge in [0, 0.05) is 35.9 Å². The summed E-state index contributed by atoms with van der Waals surface area (Å²) in [4.78, 5) is 4.12. The van der Waals surface area contributed by atoms with Crippen LogP contribution in [0.15, 0.2) is 102 Å². The van der Waals surface area contributed by atoms with Gasteiger partial charge in [0.2, 0.25) is 5.69 Å². The van der Waals surface area contributed by atoms with Gasteiger partial charge < -0.3 is 0 Å². The summed E-state index contributed by atoms with van der Waals surface area (Å²) >= 11 is 0. The number of hydrogen-bond donors (Lipinski definition) is 1. The minimum absolute atomic E-state index is 0.116. The van der Waals surface area contributed by atoms with Gasteiger partial charge in [-0.25, -0.2) is 0 Å². The zero-order valence-electron chi connectivity index (χ0n) is 29.5. The molecule has 2 unspecified atom stereocenters. The second kappa shape index (κ2) is 14.0. The Labute approximate surface area is 277 Å². The number of allylic oxidation sites excluding steroid dienone is 10. The fourth-order valence-electron chi connectivity index (χ4n) is 7.32. The lowest BCUT2D eigenvalue weighted by molar-refractivity contribution is -0.650. The average molecular weight is 611 g/mol. The Morgan fingerprint density at radius 1 is 1.07 bits per heavy atom. The third-order valence-electron chi connectivity index (χ3n) is 10.3. The fraction of sp³-hybridized carbons (Fsp3) is 0.349. The highest BCUT2D eigenvalue weighted by atomic mass is 15.4. The molecule has 1 N–H and O–H groups in total. The number of hydrogen-bond acceptors (Lipinski definition) is 2. The van der Waals surface area contributed by atoms with Crippen LogP contribution in [0.25, 0.3) is 22.3 Å². The molecular formula is C43H52N3+. The highest BCUT2D eigenvalue weighted by Gasteiger charge is 2.37. The lowest BCUT2D eigenvalue weighted by Gasteiger charge is -2.23. The molecule has 3 aliphatic carbocycles. The summed E-state index contributed by atoms with van der Waals surface area (Å²) in [6, 6.07) is 19.8. The van der Waals surface area contributed by atoms with Crippen LogP contribution in [0.2, 0.25) is 0 Å². The number of fused-ring (bicyclic) bond motifs is 4. The van der Waals surface area contributed by atoms with Crippen LogP contribution in [0.1, 0.15) is 99.9 Å². The Bertz CT molecular complexity index is 1810. The highest BCUT2D eigenvalue weighted by Crippen LogP contribution is 2.51. The zero-order valence-corrected chi connectivity index (χ0v) is 29.5. The molecule has 3 heteroatoms. The minimum atomic E-state index is 0.116. The van der Waals surface area contributed by atoms with Crippen molar-refractivity contribution >= 4 is 28.0 Å². The number of aromatic nitrogens is 1. The Balaban J connectivity index is 0.000000235. The van der Waals surface area contributed by atoms with Crippen molar-refractivity contribution in [1.82, 2.24) is 0 Å². The highest BCUT2D eigenvalue weighted by molar-refractivity contribution is 5.98. The molecule has 238 valence electrons. The number of nitrogens with one attached hydrogen (secondary N) is 1. The minimum Gasteiger partial charge on any atom is -0.293 e. The lowest BCUT2D eigenvalue weighted by atomic mass is 9.81. The van der Waals surface area contributed by atoms with Crippen molar-refractivity contribution in [3.8, 4) is 0 Å².